The lowest BCUT2D eigenvalue weighted by Crippen LogP contribution is -2.29. The monoisotopic (exact) mass is 380 g/mol. The van der Waals surface area contributed by atoms with Crippen LogP contribution in [0.5, 0.6) is 5.75 Å². The third kappa shape index (κ3) is 3.32. The lowest BCUT2D eigenvalue weighted by Gasteiger charge is -2.17. The van der Waals surface area contributed by atoms with Gasteiger partial charge in [-0.15, -0.1) is 0 Å². The van der Waals surface area contributed by atoms with Crippen molar-refractivity contribution >= 4 is 16.0 Å². The summed E-state index contributed by atoms with van der Waals surface area (Å²) in [7, 11) is -3.81. The van der Waals surface area contributed by atoms with Gasteiger partial charge in [-0.25, -0.2) is 17.9 Å². The number of sulfonamides is 1. The number of benzene rings is 1. The average molecular weight is 380 g/mol. The van der Waals surface area contributed by atoms with E-state index < -0.39 is 28.1 Å². The topological polar surface area (TPSA) is 119 Å². The Bertz CT molecular complexity index is 931. The first-order valence-corrected chi connectivity index (χ1v) is 9.68. The van der Waals surface area contributed by atoms with E-state index in [9.17, 15) is 13.2 Å². The minimum Gasteiger partial charge on any atom is -0.478 e. The summed E-state index contributed by atoms with van der Waals surface area (Å²) in [6, 6.07) is 3.89. The molecule has 1 aromatic carbocycles. The van der Waals surface area contributed by atoms with Gasteiger partial charge in [0.05, 0.1) is 16.6 Å². The molecule has 1 aliphatic heterocycles. The van der Waals surface area contributed by atoms with Crippen LogP contribution in [0.25, 0.3) is 0 Å². The van der Waals surface area contributed by atoms with Crippen LogP contribution in [0.4, 0.5) is 0 Å². The highest BCUT2D eigenvalue weighted by molar-refractivity contribution is 7.89. The highest BCUT2D eigenvalue weighted by Gasteiger charge is 2.31. The number of aliphatic carboxylic acids is 1. The summed E-state index contributed by atoms with van der Waals surface area (Å²) in [5, 5.41) is 12.9. The van der Waals surface area contributed by atoms with Gasteiger partial charge in [0, 0.05) is 12.0 Å². The molecule has 0 spiro atoms. The van der Waals surface area contributed by atoms with Crippen LogP contribution >= 0.6 is 0 Å². The maximum atomic E-state index is 12.8. The summed E-state index contributed by atoms with van der Waals surface area (Å²) in [6.45, 7) is 5.37. The summed E-state index contributed by atoms with van der Waals surface area (Å²) < 4.78 is 38.7. The molecule has 2 heterocycles. The van der Waals surface area contributed by atoms with Crippen LogP contribution in [0.1, 0.15) is 42.0 Å². The van der Waals surface area contributed by atoms with E-state index in [2.05, 4.69) is 9.88 Å². The number of carboxylic acids is 1. The van der Waals surface area contributed by atoms with Crippen LogP contribution in [0, 0.1) is 13.8 Å². The van der Waals surface area contributed by atoms with Crippen molar-refractivity contribution < 1.29 is 27.6 Å². The maximum Gasteiger partial charge on any atom is 0.345 e. The Balaban J connectivity index is 1.87. The largest absolute Gasteiger partial charge is 0.478 e. The number of nitrogens with one attached hydrogen (secondary N) is 1. The quantitative estimate of drug-likeness (QED) is 0.788. The Kier molecular flexibility index (Phi) is 4.76. The normalized spacial score (nSPS) is 17.6. The first-order valence-electron chi connectivity index (χ1n) is 8.20. The van der Waals surface area contributed by atoms with E-state index in [4.69, 9.17) is 14.4 Å². The molecule has 0 radical (unpaired) electrons. The zero-order valence-corrected chi connectivity index (χ0v) is 15.5. The number of rotatable bonds is 6. The van der Waals surface area contributed by atoms with Gasteiger partial charge in [-0.1, -0.05) is 12.1 Å². The zero-order valence-electron chi connectivity index (χ0n) is 14.6. The molecule has 2 unspecified atom stereocenters. The molecule has 9 heteroatoms. The second kappa shape index (κ2) is 6.73. The minimum absolute atomic E-state index is 0.0658. The van der Waals surface area contributed by atoms with E-state index in [1.165, 1.54) is 18.2 Å². The number of carboxylic acid groups (broad SMARTS) is 1. The number of ether oxygens (including phenoxy) is 1. The Labute approximate surface area is 151 Å². The Morgan fingerprint density at radius 2 is 2.15 bits per heavy atom. The van der Waals surface area contributed by atoms with Crippen LogP contribution in [0.3, 0.4) is 0 Å². The van der Waals surface area contributed by atoms with E-state index in [0.717, 1.165) is 5.56 Å². The number of fused-ring (bicyclic) bond motifs is 1. The van der Waals surface area contributed by atoms with Crippen LogP contribution in [0.15, 0.2) is 27.6 Å². The van der Waals surface area contributed by atoms with Gasteiger partial charge in [0.1, 0.15) is 11.5 Å². The molecule has 0 bridgehead atoms. The van der Waals surface area contributed by atoms with Gasteiger partial charge in [-0.2, -0.15) is 0 Å². The zero-order chi connectivity index (χ0) is 19.1. The summed E-state index contributed by atoms with van der Waals surface area (Å²) in [4.78, 5) is 11.1. The highest BCUT2D eigenvalue weighted by atomic mass is 32.2. The van der Waals surface area contributed by atoms with Crippen molar-refractivity contribution in [3.63, 3.8) is 0 Å². The Hall–Kier alpha value is -2.39. The average Bonchev–Trinajstić information content (AvgIpc) is 3.16. The van der Waals surface area contributed by atoms with Crippen LogP contribution in [0.2, 0.25) is 0 Å². The molecule has 2 atom stereocenters. The van der Waals surface area contributed by atoms with Crippen molar-refractivity contribution in [1.29, 1.82) is 0 Å². The lowest BCUT2D eigenvalue weighted by molar-refractivity contribution is -0.144. The van der Waals surface area contributed by atoms with Crippen molar-refractivity contribution in [3.8, 4) is 5.75 Å². The highest BCUT2D eigenvalue weighted by Crippen LogP contribution is 2.32. The number of carbonyl (C=O) groups is 1. The SMILES string of the molecule is CCC(NS(=O)(=O)c1ccc2c(c1)CC(C(=O)O)O2)c1c(C)noc1C. The summed E-state index contributed by atoms with van der Waals surface area (Å²) in [5.41, 5.74) is 1.93. The van der Waals surface area contributed by atoms with Crippen molar-refractivity contribution in [3.05, 3.63) is 40.8 Å². The fraction of sp³-hybridized carbons (Fsp3) is 0.412. The van der Waals surface area contributed by atoms with Crippen molar-refractivity contribution in [2.45, 2.75) is 50.7 Å². The van der Waals surface area contributed by atoms with Gasteiger partial charge in [0.2, 0.25) is 10.0 Å². The van der Waals surface area contributed by atoms with Gasteiger partial charge in [-0.3, -0.25) is 0 Å². The minimum atomic E-state index is -3.81. The van der Waals surface area contributed by atoms with Gasteiger partial charge in [0.15, 0.2) is 6.10 Å². The number of hydrogen-bond donors (Lipinski definition) is 2. The van der Waals surface area contributed by atoms with Crippen molar-refractivity contribution in [2.75, 3.05) is 0 Å². The summed E-state index contributed by atoms with van der Waals surface area (Å²) >= 11 is 0. The second-order valence-electron chi connectivity index (χ2n) is 6.24. The molecule has 1 aromatic heterocycles. The molecular formula is C17H20N2O6S. The van der Waals surface area contributed by atoms with E-state index in [1.807, 2.05) is 6.92 Å². The van der Waals surface area contributed by atoms with Crippen molar-refractivity contribution in [1.82, 2.24) is 9.88 Å². The van der Waals surface area contributed by atoms with Crippen molar-refractivity contribution in [2.24, 2.45) is 0 Å². The molecule has 140 valence electrons. The van der Waals surface area contributed by atoms with Crippen LogP contribution in [-0.2, 0) is 21.2 Å². The number of aryl methyl sites for hydroxylation is 2. The maximum absolute atomic E-state index is 12.8. The molecule has 3 rings (SSSR count). The fourth-order valence-electron chi connectivity index (χ4n) is 3.12. The van der Waals surface area contributed by atoms with Gasteiger partial charge in [0.25, 0.3) is 0 Å². The van der Waals surface area contributed by atoms with E-state index >= 15 is 0 Å². The molecule has 26 heavy (non-hydrogen) atoms. The van der Waals surface area contributed by atoms with Gasteiger partial charge >= 0.3 is 5.97 Å². The number of nitrogens with zero attached hydrogens (tertiary/aromatic N) is 1. The predicted molar refractivity (Wildman–Crippen MR) is 91.5 cm³/mol. The molecule has 1 aliphatic rings. The van der Waals surface area contributed by atoms with Gasteiger partial charge in [-0.05, 0) is 44.0 Å². The molecule has 8 nitrogen and oxygen atoms in total. The first kappa shape index (κ1) is 18.4. The standard InChI is InChI=1S/C17H20N2O6S/c1-4-13(16-9(2)18-25-10(16)3)19-26(22,23)12-5-6-14-11(7-12)8-15(24-14)17(20)21/h5-7,13,15,19H,4,8H2,1-3H3,(H,20,21). The molecule has 2 N–H and O–H groups in total. The summed E-state index contributed by atoms with van der Waals surface area (Å²) in [5.74, 6) is -0.106. The Morgan fingerprint density at radius 3 is 2.73 bits per heavy atom. The van der Waals surface area contributed by atoms with Gasteiger partial charge < -0.3 is 14.4 Å². The molecule has 0 amide bonds. The lowest BCUT2D eigenvalue weighted by atomic mass is 10.0. The molecule has 2 aromatic rings. The summed E-state index contributed by atoms with van der Waals surface area (Å²) in [6.07, 6.45) is -0.326. The number of hydrogen-bond acceptors (Lipinski definition) is 6. The third-order valence-corrected chi connectivity index (χ3v) is 5.90. The molecule has 0 aliphatic carbocycles. The second-order valence-corrected chi connectivity index (χ2v) is 7.95. The van der Waals surface area contributed by atoms with E-state index in [0.29, 0.717) is 29.2 Å². The van der Waals surface area contributed by atoms with Crippen LogP contribution in [-0.4, -0.2) is 30.8 Å². The smallest absolute Gasteiger partial charge is 0.345 e. The Morgan fingerprint density at radius 1 is 1.42 bits per heavy atom. The number of aromatic nitrogens is 1. The van der Waals surface area contributed by atoms with E-state index in [-0.39, 0.29) is 11.3 Å². The molecule has 0 saturated heterocycles. The molecular weight excluding hydrogens is 360 g/mol. The molecule has 0 saturated carbocycles. The predicted octanol–water partition coefficient (Wildman–Crippen LogP) is 2.11. The van der Waals surface area contributed by atoms with Crippen LogP contribution < -0.4 is 9.46 Å². The fourth-order valence-corrected chi connectivity index (χ4v) is 4.46. The molecule has 0 fully saturated rings. The third-order valence-electron chi connectivity index (χ3n) is 4.43. The van der Waals surface area contributed by atoms with E-state index in [1.54, 1.807) is 13.8 Å². The first-order chi connectivity index (χ1) is 12.2.